The number of ether oxygens (including phenoxy) is 1. The van der Waals surface area contributed by atoms with Crippen LogP contribution in [0, 0.1) is 0 Å². The Bertz CT molecular complexity index is 739. The van der Waals surface area contributed by atoms with Crippen molar-refractivity contribution in [3.63, 3.8) is 0 Å². The maximum absolute atomic E-state index is 12.7. The summed E-state index contributed by atoms with van der Waals surface area (Å²) in [6.45, 7) is 0.399. The van der Waals surface area contributed by atoms with Crippen molar-refractivity contribution in [3.8, 4) is 11.4 Å². The number of carbonyl (C=O) groups is 1. The molecule has 6 nitrogen and oxygen atoms in total. The van der Waals surface area contributed by atoms with E-state index < -0.39 is 12.5 Å². The summed E-state index contributed by atoms with van der Waals surface area (Å²) in [6.07, 6.45) is -2.62. The van der Waals surface area contributed by atoms with Crippen molar-refractivity contribution in [2.24, 2.45) is 0 Å². The van der Waals surface area contributed by atoms with Gasteiger partial charge in [-0.25, -0.2) is 8.78 Å². The Hall–Kier alpha value is -2.06. The van der Waals surface area contributed by atoms with Crippen LogP contribution in [0.2, 0.25) is 5.02 Å². The van der Waals surface area contributed by atoms with Gasteiger partial charge in [-0.2, -0.15) is 4.98 Å². The molecule has 1 fully saturated rings. The highest BCUT2D eigenvalue weighted by Gasteiger charge is 2.30. The van der Waals surface area contributed by atoms with Gasteiger partial charge in [-0.15, -0.1) is 0 Å². The number of hydrogen-bond donors (Lipinski definition) is 0. The molecule has 3 rings (SSSR count). The van der Waals surface area contributed by atoms with Gasteiger partial charge in [-0.3, -0.25) is 4.79 Å². The average molecular weight is 386 g/mol. The lowest BCUT2D eigenvalue weighted by Crippen LogP contribution is -2.48. The molecule has 0 aliphatic carbocycles. The van der Waals surface area contributed by atoms with Crippen LogP contribution in [0.25, 0.3) is 11.4 Å². The maximum atomic E-state index is 12.7. The van der Waals surface area contributed by atoms with Gasteiger partial charge < -0.3 is 14.2 Å². The Kier molecular flexibility index (Phi) is 6.16. The molecule has 0 bridgehead atoms. The highest BCUT2D eigenvalue weighted by Crippen LogP contribution is 2.19. The second-order valence-electron chi connectivity index (χ2n) is 5.96. The van der Waals surface area contributed by atoms with E-state index in [4.69, 9.17) is 20.9 Å². The molecule has 2 heterocycles. The fourth-order valence-corrected chi connectivity index (χ4v) is 2.80. The number of morpholine rings is 1. The molecule has 1 aliphatic rings. The second kappa shape index (κ2) is 8.55. The number of aryl methyl sites for hydroxylation is 1. The normalized spacial score (nSPS) is 17.7. The second-order valence-corrected chi connectivity index (χ2v) is 6.39. The summed E-state index contributed by atoms with van der Waals surface area (Å²) in [7, 11) is 0. The van der Waals surface area contributed by atoms with E-state index >= 15 is 0 Å². The van der Waals surface area contributed by atoms with Gasteiger partial charge in [-0.05, 0) is 30.7 Å². The van der Waals surface area contributed by atoms with Gasteiger partial charge in [0, 0.05) is 30.0 Å². The summed E-state index contributed by atoms with van der Waals surface area (Å²) in [5.74, 6) is 0.711. The molecule has 1 unspecified atom stereocenters. The van der Waals surface area contributed by atoms with Crippen LogP contribution in [0.5, 0.6) is 0 Å². The van der Waals surface area contributed by atoms with Gasteiger partial charge in [-0.1, -0.05) is 16.8 Å². The van der Waals surface area contributed by atoms with Gasteiger partial charge in [0.05, 0.1) is 13.2 Å². The van der Waals surface area contributed by atoms with Crippen molar-refractivity contribution >= 4 is 17.5 Å². The van der Waals surface area contributed by atoms with Gasteiger partial charge in [0.25, 0.3) is 6.43 Å². The molecular weight excluding hydrogens is 368 g/mol. The van der Waals surface area contributed by atoms with E-state index in [1.54, 1.807) is 24.3 Å². The third-order valence-electron chi connectivity index (χ3n) is 4.08. The highest BCUT2D eigenvalue weighted by molar-refractivity contribution is 6.30. The van der Waals surface area contributed by atoms with E-state index in [1.165, 1.54) is 4.90 Å². The number of benzene rings is 1. The van der Waals surface area contributed by atoms with Crippen molar-refractivity contribution in [1.82, 2.24) is 15.0 Å². The smallest absolute Gasteiger partial charge is 0.266 e. The maximum Gasteiger partial charge on any atom is 0.266 e. The Morgan fingerprint density at radius 3 is 2.85 bits per heavy atom. The first-order chi connectivity index (χ1) is 12.5. The molecule has 1 atom stereocenters. The van der Waals surface area contributed by atoms with Crippen LogP contribution in [0.4, 0.5) is 8.78 Å². The third-order valence-corrected chi connectivity index (χ3v) is 4.33. The quantitative estimate of drug-likeness (QED) is 0.763. The van der Waals surface area contributed by atoms with Gasteiger partial charge in [0.1, 0.15) is 6.10 Å². The van der Waals surface area contributed by atoms with Crippen LogP contribution in [-0.2, 0) is 16.0 Å². The minimum absolute atomic E-state index is 0.0717. The molecule has 1 aliphatic heterocycles. The van der Waals surface area contributed by atoms with Crippen molar-refractivity contribution < 1.29 is 22.8 Å². The summed E-state index contributed by atoms with van der Waals surface area (Å²) < 4.78 is 35.5. The first-order valence-corrected chi connectivity index (χ1v) is 8.67. The van der Waals surface area contributed by atoms with E-state index in [9.17, 15) is 13.6 Å². The van der Waals surface area contributed by atoms with E-state index in [2.05, 4.69) is 10.1 Å². The monoisotopic (exact) mass is 385 g/mol. The molecule has 1 aromatic carbocycles. The molecule has 2 aromatic rings. The zero-order valence-corrected chi connectivity index (χ0v) is 14.7. The Balaban J connectivity index is 1.47. The highest BCUT2D eigenvalue weighted by atomic mass is 35.5. The van der Waals surface area contributed by atoms with Gasteiger partial charge in [0.15, 0.2) is 0 Å². The van der Waals surface area contributed by atoms with Crippen LogP contribution in [0.1, 0.15) is 18.7 Å². The molecule has 0 spiro atoms. The molecular formula is C17H18ClF2N3O3. The first-order valence-electron chi connectivity index (χ1n) is 8.29. The summed E-state index contributed by atoms with van der Waals surface area (Å²) in [5, 5.41) is 4.53. The third kappa shape index (κ3) is 4.76. The standard InChI is InChI=1S/C17H18ClF2N3O3/c18-12-6-4-11(5-7-12)17-21-14(26-22-17)2-1-3-15(24)23-8-9-25-13(10-23)16(19)20/h4-7,13,16H,1-3,8-10H2. The molecule has 0 N–H and O–H groups in total. The number of carbonyl (C=O) groups excluding carboxylic acids is 1. The predicted molar refractivity (Wildman–Crippen MR) is 90.0 cm³/mol. The van der Waals surface area contributed by atoms with Gasteiger partial charge >= 0.3 is 0 Å². The summed E-state index contributed by atoms with van der Waals surface area (Å²) in [5.41, 5.74) is 0.784. The molecule has 1 amide bonds. The lowest BCUT2D eigenvalue weighted by molar-refractivity contribution is -0.146. The number of aromatic nitrogens is 2. The van der Waals surface area contributed by atoms with Crippen LogP contribution in [-0.4, -0.2) is 53.2 Å². The first kappa shape index (κ1) is 18.7. The number of halogens is 3. The molecule has 140 valence electrons. The lowest BCUT2D eigenvalue weighted by atomic mass is 10.2. The Morgan fingerprint density at radius 2 is 2.12 bits per heavy atom. The molecule has 9 heteroatoms. The Labute approximate surface area is 154 Å². The van der Waals surface area contributed by atoms with E-state index in [0.29, 0.717) is 36.1 Å². The van der Waals surface area contributed by atoms with Crippen molar-refractivity contribution in [1.29, 1.82) is 0 Å². The number of amides is 1. The molecule has 26 heavy (non-hydrogen) atoms. The molecule has 1 aromatic heterocycles. The minimum atomic E-state index is -2.59. The molecule has 0 saturated carbocycles. The molecule has 0 radical (unpaired) electrons. The summed E-state index contributed by atoms with van der Waals surface area (Å²) in [6, 6.07) is 7.05. The SMILES string of the molecule is O=C(CCCc1nc(-c2ccc(Cl)cc2)no1)N1CCOC(C(F)F)C1. The van der Waals surface area contributed by atoms with E-state index in [0.717, 1.165) is 5.56 Å². The van der Waals surface area contributed by atoms with Gasteiger partial charge in [0.2, 0.25) is 17.6 Å². The predicted octanol–water partition coefficient (Wildman–Crippen LogP) is 3.21. The van der Waals surface area contributed by atoms with Crippen molar-refractivity contribution in [2.45, 2.75) is 31.8 Å². The van der Waals surface area contributed by atoms with Crippen molar-refractivity contribution in [2.75, 3.05) is 19.7 Å². The fraction of sp³-hybridized carbons (Fsp3) is 0.471. The average Bonchev–Trinajstić information content (AvgIpc) is 3.11. The lowest BCUT2D eigenvalue weighted by Gasteiger charge is -2.32. The van der Waals surface area contributed by atoms with Crippen LogP contribution in [0.15, 0.2) is 28.8 Å². The Morgan fingerprint density at radius 1 is 1.35 bits per heavy atom. The van der Waals surface area contributed by atoms with Crippen LogP contribution < -0.4 is 0 Å². The zero-order chi connectivity index (χ0) is 18.5. The topological polar surface area (TPSA) is 68.5 Å². The fourth-order valence-electron chi connectivity index (χ4n) is 2.68. The van der Waals surface area contributed by atoms with E-state index in [1.807, 2.05) is 0 Å². The summed E-state index contributed by atoms with van der Waals surface area (Å²) >= 11 is 5.84. The van der Waals surface area contributed by atoms with E-state index in [-0.39, 0.29) is 25.5 Å². The van der Waals surface area contributed by atoms with Crippen LogP contribution in [0.3, 0.4) is 0 Å². The number of rotatable bonds is 6. The number of hydrogen-bond acceptors (Lipinski definition) is 5. The summed E-state index contributed by atoms with van der Waals surface area (Å²) in [4.78, 5) is 17.9. The van der Waals surface area contributed by atoms with Crippen LogP contribution >= 0.6 is 11.6 Å². The number of nitrogens with zero attached hydrogens (tertiary/aromatic N) is 3. The minimum Gasteiger partial charge on any atom is -0.369 e. The largest absolute Gasteiger partial charge is 0.369 e. The van der Waals surface area contributed by atoms with Crippen molar-refractivity contribution in [3.05, 3.63) is 35.2 Å². The molecule has 1 saturated heterocycles. The zero-order valence-electron chi connectivity index (χ0n) is 13.9. The number of alkyl halides is 2.